The summed E-state index contributed by atoms with van der Waals surface area (Å²) in [6.45, 7) is 4.19. The van der Waals surface area contributed by atoms with Crippen LogP contribution in [0.15, 0.2) is 12.1 Å². The third kappa shape index (κ3) is 4.82. The molecule has 0 spiro atoms. The van der Waals surface area contributed by atoms with E-state index in [1.54, 1.807) is 11.8 Å². The number of esters is 1. The van der Waals surface area contributed by atoms with Crippen molar-refractivity contribution in [3.63, 3.8) is 0 Å². The zero-order chi connectivity index (χ0) is 20.3. The second-order valence-electron chi connectivity index (χ2n) is 9.26. The van der Waals surface area contributed by atoms with Gasteiger partial charge in [-0.3, -0.25) is 4.79 Å². The maximum absolute atomic E-state index is 12.6. The average Bonchev–Trinajstić information content (AvgIpc) is 3.15. The van der Waals surface area contributed by atoms with E-state index in [9.17, 15) is 4.79 Å². The van der Waals surface area contributed by atoms with Crippen LogP contribution in [0.5, 0.6) is 0 Å². The smallest absolute Gasteiger partial charge is 0.316 e. The number of thioether (sulfide) groups is 1. The molecule has 156 valence electrons. The van der Waals surface area contributed by atoms with E-state index in [0.717, 1.165) is 31.4 Å². The summed E-state index contributed by atoms with van der Waals surface area (Å²) in [5.74, 6) is 1.79. The third-order valence-electron chi connectivity index (χ3n) is 6.82. The van der Waals surface area contributed by atoms with Crippen LogP contribution in [0.1, 0.15) is 81.9 Å². The lowest BCUT2D eigenvalue weighted by Gasteiger charge is -2.31. The second-order valence-corrected chi connectivity index (χ2v) is 10.2. The van der Waals surface area contributed by atoms with Crippen molar-refractivity contribution in [3.05, 3.63) is 39.3 Å². The Kier molecular flexibility index (Phi) is 6.53. The van der Waals surface area contributed by atoms with E-state index in [0.29, 0.717) is 11.7 Å². The van der Waals surface area contributed by atoms with Crippen LogP contribution in [-0.4, -0.2) is 17.3 Å². The molecule has 0 unspecified atom stereocenters. The first-order valence-corrected chi connectivity index (χ1v) is 12.5. The van der Waals surface area contributed by atoms with Gasteiger partial charge >= 0.3 is 5.97 Å². The molecule has 1 fully saturated rings. The molecule has 0 radical (unpaired) electrons. The van der Waals surface area contributed by atoms with Gasteiger partial charge in [-0.05, 0) is 97.9 Å². The molecule has 3 aliphatic carbocycles. The Morgan fingerprint density at radius 1 is 1.14 bits per heavy atom. The standard InChI is InChI=1S/C26H34O2S/c1-26(2,21-12-7-8-13-21)28-25(27)18-29-17-24-22-14-5-3-4-10-19(22)16-20-11-6-9-15-23(20)24/h4,10-11,15-16,21H,3,5-9,12-14,17-18H2,1-2H3. The van der Waals surface area contributed by atoms with E-state index in [-0.39, 0.29) is 11.6 Å². The topological polar surface area (TPSA) is 26.3 Å². The molecule has 4 rings (SSSR count). The minimum atomic E-state index is -0.329. The van der Waals surface area contributed by atoms with Crippen LogP contribution in [0.2, 0.25) is 0 Å². The molecule has 0 bridgehead atoms. The SMILES string of the molecule is CC(C)(OC(=O)CSCc1c2c(cc3c1=CCCC=3)C=CCCC2)C1CCCC1. The zero-order valence-corrected chi connectivity index (χ0v) is 18.8. The monoisotopic (exact) mass is 410 g/mol. The molecule has 29 heavy (non-hydrogen) atoms. The summed E-state index contributed by atoms with van der Waals surface area (Å²) in [6.07, 6.45) is 20.1. The number of carbonyl (C=O) groups excluding carboxylic acids is 1. The summed E-state index contributed by atoms with van der Waals surface area (Å²) in [5.41, 5.74) is 4.00. The summed E-state index contributed by atoms with van der Waals surface area (Å²) in [5, 5.41) is 2.79. The first-order valence-electron chi connectivity index (χ1n) is 11.4. The van der Waals surface area contributed by atoms with Gasteiger partial charge in [0.05, 0.1) is 5.75 Å². The Balaban J connectivity index is 1.46. The highest BCUT2D eigenvalue weighted by Crippen LogP contribution is 2.36. The highest BCUT2D eigenvalue weighted by molar-refractivity contribution is 7.99. The van der Waals surface area contributed by atoms with Gasteiger partial charge < -0.3 is 4.74 Å². The van der Waals surface area contributed by atoms with E-state index in [2.05, 4.69) is 44.2 Å². The van der Waals surface area contributed by atoms with Gasteiger partial charge in [0.1, 0.15) is 5.60 Å². The van der Waals surface area contributed by atoms with Gasteiger partial charge in [0.2, 0.25) is 0 Å². The molecule has 0 saturated heterocycles. The Labute approximate surface area is 179 Å². The molecule has 2 nitrogen and oxygen atoms in total. The minimum absolute atomic E-state index is 0.0572. The zero-order valence-electron chi connectivity index (χ0n) is 18.0. The predicted molar refractivity (Wildman–Crippen MR) is 124 cm³/mol. The van der Waals surface area contributed by atoms with Crippen molar-refractivity contribution in [3.8, 4) is 0 Å². The van der Waals surface area contributed by atoms with Crippen molar-refractivity contribution in [1.29, 1.82) is 0 Å². The number of rotatable bonds is 6. The third-order valence-corrected chi connectivity index (χ3v) is 7.75. The summed E-state index contributed by atoms with van der Waals surface area (Å²) in [7, 11) is 0. The average molecular weight is 411 g/mol. The van der Waals surface area contributed by atoms with Crippen LogP contribution in [0.3, 0.4) is 0 Å². The summed E-state index contributed by atoms with van der Waals surface area (Å²) >= 11 is 1.72. The largest absolute Gasteiger partial charge is 0.459 e. The van der Waals surface area contributed by atoms with Gasteiger partial charge in [-0.2, -0.15) is 0 Å². The molecule has 0 N–H and O–H groups in total. The van der Waals surface area contributed by atoms with Crippen LogP contribution >= 0.6 is 11.8 Å². The van der Waals surface area contributed by atoms with Crippen LogP contribution in [0, 0.1) is 5.92 Å². The van der Waals surface area contributed by atoms with E-state index in [4.69, 9.17) is 4.74 Å². The highest BCUT2D eigenvalue weighted by Gasteiger charge is 2.35. The molecule has 0 heterocycles. The summed E-state index contributed by atoms with van der Waals surface area (Å²) in [4.78, 5) is 12.6. The molecular formula is C26H34O2S. The quantitative estimate of drug-likeness (QED) is 0.608. The van der Waals surface area contributed by atoms with Gasteiger partial charge in [-0.15, -0.1) is 11.8 Å². The summed E-state index contributed by atoms with van der Waals surface area (Å²) in [6, 6.07) is 2.37. The number of fused-ring (bicyclic) bond motifs is 2. The van der Waals surface area contributed by atoms with E-state index in [1.807, 2.05) is 0 Å². The van der Waals surface area contributed by atoms with E-state index < -0.39 is 0 Å². The lowest BCUT2D eigenvalue weighted by molar-refractivity contribution is -0.158. The fourth-order valence-corrected chi connectivity index (χ4v) is 6.06. The van der Waals surface area contributed by atoms with Gasteiger partial charge in [-0.1, -0.05) is 37.1 Å². The van der Waals surface area contributed by atoms with Gasteiger partial charge in [0.15, 0.2) is 0 Å². The fraction of sp³-hybridized carbons (Fsp3) is 0.577. The van der Waals surface area contributed by atoms with Crippen molar-refractivity contribution in [2.24, 2.45) is 5.92 Å². The van der Waals surface area contributed by atoms with E-state index >= 15 is 0 Å². The predicted octanol–water partition coefficient (Wildman–Crippen LogP) is 5.14. The maximum Gasteiger partial charge on any atom is 0.316 e. The van der Waals surface area contributed by atoms with Gasteiger partial charge in [0, 0.05) is 5.75 Å². The molecular weight excluding hydrogens is 376 g/mol. The van der Waals surface area contributed by atoms with Crippen molar-refractivity contribution < 1.29 is 9.53 Å². The Morgan fingerprint density at radius 3 is 2.76 bits per heavy atom. The van der Waals surface area contributed by atoms with Gasteiger partial charge in [-0.25, -0.2) is 0 Å². The number of benzene rings is 1. The van der Waals surface area contributed by atoms with Crippen LogP contribution in [0.25, 0.3) is 18.2 Å². The Bertz CT molecular complexity index is 904. The van der Waals surface area contributed by atoms with Gasteiger partial charge in [0.25, 0.3) is 0 Å². The number of allylic oxidation sites excluding steroid dienone is 1. The Morgan fingerprint density at radius 2 is 1.93 bits per heavy atom. The molecule has 1 aromatic rings. The summed E-state index contributed by atoms with van der Waals surface area (Å²) < 4.78 is 5.92. The second kappa shape index (κ2) is 9.12. The first-order chi connectivity index (χ1) is 14.0. The van der Waals surface area contributed by atoms with Crippen molar-refractivity contribution in [2.75, 3.05) is 5.75 Å². The lowest BCUT2D eigenvalue weighted by atomic mass is 9.89. The molecule has 0 aliphatic heterocycles. The number of hydrogen-bond acceptors (Lipinski definition) is 3. The van der Waals surface area contributed by atoms with Crippen molar-refractivity contribution in [1.82, 2.24) is 0 Å². The van der Waals surface area contributed by atoms with Crippen molar-refractivity contribution >= 4 is 36.0 Å². The van der Waals surface area contributed by atoms with E-state index in [1.165, 1.54) is 59.2 Å². The Hall–Kier alpha value is -1.48. The first kappa shape index (κ1) is 20.8. The molecule has 0 atom stereocenters. The minimum Gasteiger partial charge on any atom is -0.459 e. The lowest BCUT2D eigenvalue weighted by Crippen LogP contribution is -2.36. The van der Waals surface area contributed by atoms with Crippen LogP contribution < -0.4 is 10.4 Å². The number of hydrogen-bond donors (Lipinski definition) is 0. The highest BCUT2D eigenvalue weighted by atomic mass is 32.2. The molecule has 0 aromatic heterocycles. The molecule has 3 heteroatoms. The molecule has 0 amide bonds. The van der Waals surface area contributed by atoms with Crippen LogP contribution in [0.4, 0.5) is 0 Å². The maximum atomic E-state index is 12.6. The van der Waals surface area contributed by atoms with Crippen LogP contribution in [-0.2, 0) is 21.7 Å². The van der Waals surface area contributed by atoms with Crippen molar-refractivity contribution in [2.45, 2.75) is 83.0 Å². The molecule has 1 saturated carbocycles. The fourth-order valence-electron chi connectivity index (χ4n) is 5.20. The normalized spacial score (nSPS) is 19.0. The molecule has 1 aromatic carbocycles. The number of carbonyl (C=O) groups is 1. The molecule has 3 aliphatic rings. The number of ether oxygens (including phenoxy) is 1.